The summed E-state index contributed by atoms with van der Waals surface area (Å²) in [5, 5.41) is 0. The van der Waals surface area contributed by atoms with Crippen LogP contribution in [0.15, 0.2) is 107 Å². The summed E-state index contributed by atoms with van der Waals surface area (Å²) < 4.78 is 50.7. The van der Waals surface area contributed by atoms with Crippen LogP contribution >= 0.6 is 15.9 Å². The van der Waals surface area contributed by atoms with E-state index in [-0.39, 0.29) is 29.9 Å². The molecule has 4 rings (SSSR count). The van der Waals surface area contributed by atoms with Gasteiger partial charge in [-0.3, -0.25) is 9.71 Å². The maximum atomic E-state index is 13.4. The van der Waals surface area contributed by atoms with Crippen molar-refractivity contribution in [3.8, 4) is 34.5 Å². The highest BCUT2D eigenvalue weighted by Gasteiger charge is 2.24. The SMILES string of the molecule is C/C=C(/Br)C=C(C)C.C=C(C)CCCOc1nc(-c2ccncc2)nc(NS(=O)(=O)Nc2ccc(C(C)C)cc2)c1Oc1ccccc1OC.CC. The van der Waals surface area contributed by atoms with Crippen molar-refractivity contribution < 1.29 is 22.6 Å². The number of rotatable bonds is 15. The molecule has 2 aromatic carbocycles. The molecule has 0 amide bonds. The fraction of sp³-hybridized carbons (Fsp3) is 0.325. The number of aromatic nitrogens is 3. The zero-order valence-corrected chi connectivity index (χ0v) is 34.1. The lowest BCUT2D eigenvalue weighted by Crippen LogP contribution is -2.23. The minimum Gasteiger partial charge on any atom is -0.493 e. The lowest BCUT2D eigenvalue weighted by Gasteiger charge is -2.19. The number of ether oxygens (including phenoxy) is 3. The van der Waals surface area contributed by atoms with Gasteiger partial charge in [-0.2, -0.15) is 13.4 Å². The zero-order valence-electron chi connectivity index (χ0n) is 31.7. The first-order valence-electron chi connectivity index (χ1n) is 17.1. The molecule has 2 aromatic heterocycles. The maximum Gasteiger partial charge on any atom is 0.322 e. The van der Waals surface area contributed by atoms with Gasteiger partial charge in [-0.15, -0.1) is 6.58 Å². The number of nitrogens with zero attached hydrogens (tertiary/aromatic N) is 3. The molecule has 10 nitrogen and oxygen atoms in total. The van der Waals surface area contributed by atoms with Gasteiger partial charge >= 0.3 is 10.2 Å². The Labute approximate surface area is 318 Å². The molecule has 0 radical (unpaired) electrons. The van der Waals surface area contributed by atoms with Gasteiger partial charge in [0.25, 0.3) is 5.88 Å². The topological polar surface area (TPSA) is 125 Å². The number of pyridine rings is 1. The zero-order chi connectivity index (χ0) is 38.7. The summed E-state index contributed by atoms with van der Waals surface area (Å²) >= 11 is 3.36. The molecule has 0 aliphatic rings. The highest BCUT2D eigenvalue weighted by atomic mass is 79.9. The number of halogens is 1. The lowest BCUT2D eigenvalue weighted by atomic mass is 10.0. The van der Waals surface area contributed by atoms with Crippen LogP contribution in [-0.2, 0) is 10.2 Å². The third-order valence-electron chi connectivity index (χ3n) is 6.80. The van der Waals surface area contributed by atoms with E-state index in [1.54, 1.807) is 60.9 Å². The summed E-state index contributed by atoms with van der Waals surface area (Å²) in [6.45, 7) is 20.5. The predicted molar refractivity (Wildman–Crippen MR) is 218 cm³/mol. The molecular weight excluding hydrogens is 742 g/mol. The first-order chi connectivity index (χ1) is 24.8. The van der Waals surface area contributed by atoms with Gasteiger partial charge in [-0.25, -0.2) is 9.71 Å². The van der Waals surface area contributed by atoms with E-state index in [4.69, 9.17) is 14.2 Å². The number of benzene rings is 2. The molecule has 2 heterocycles. The average molecular weight is 795 g/mol. The third kappa shape index (κ3) is 14.9. The van der Waals surface area contributed by atoms with Crippen molar-refractivity contribution in [3.63, 3.8) is 0 Å². The average Bonchev–Trinajstić information content (AvgIpc) is 3.12. The van der Waals surface area contributed by atoms with E-state index in [0.29, 0.717) is 35.1 Å². The number of nitrogens with one attached hydrogen (secondary N) is 2. The summed E-state index contributed by atoms with van der Waals surface area (Å²) in [5.74, 6) is 1.20. The molecule has 4 aromatic rings. The molecular formula is C40H52BrN5O5S. The molecule has 280 valence electrons. The molecule has 0 aliphatic carbocycles. The molecule has 0 atom stereocenters. The Balaban J connectivity index is 0.000000827. The number of hydrogen-bond donors (Lipinski definition) is 2. The normalized spacial score (nSPS) is 10.9. The minimum atomic E-state index is -4.18. The Morgan fingerprint density at radius 2 is 1.58 bits per heavy atom. The first kappa shape index (κ1) is 43.5. The Morgan fingerprint density at radius 3 is 2.12 bits per heavy atom. The van der Waals surface area contributed by atoms with Crippen LogP contribution in [0.25, 0.3) is 11.4 Å². The largest absolute Gasteiger partial charge is 0.493 e. The number of hydrogen-bond acceptors (Lipinski definition) is 8. The third-order valence-corrected chi connectivity index (χ3v) is 8.46. The molecule has 0 spiro atoms. The van der Waals surface area contributed by atoms with Crippen LogP contribution in [0.5, 0.6) is 23.1 Å². The van der Waals surface area contributed by atoms with Gasteiger partial charge in [0.05, 0.1) is 19.4 Å². The number of allylic oxidation sites excluding steroid dienone is 5. The van der Waals surface area contributed by atoms with Gasteiger partial charge in [0.15, 0.2) is 23.1 Å². The molecule has 2 N–H and O–H groups in total. The Bertz CT molecular complexity index is 1880. The van der Waals surface area contributed by atoms with E-state index in [1.165, 1.54) is 12.7 Å². The van der Waals surface area contributed by atoms with Crippen LogP contribution < -0.4 is 23.7 Å². The summed E-state index contributed by atoms with van der Waals surface area (Å²) in [4.78, 5) is 13.2. The molecule has 0 aliphatic heterocycles. The van der Waals surface area contributed by atoms with Crippen LogP contribution in [0.2, 0.25) is 0 Å². The van der Waals surface area contributed by atoms with E-state index < -0.39 is 10.2 Å². The van der Waals surface area contributed by atoms with Crippen molar-refractivity contribution in [2.45, 2.75) is 74.1 Å². The number of methoxy groups -OCH3 is 1. The van der Waals surface area contributed by atoms with Crippen molar-refractivity contribution >= 4 is 37.6 Å². The van der Waals surface area contributed by atoms with Crippen molar-refractivity contribution in [1.29, 1.82) is 0 Å². The maximum absolute atomic E-state index is 13.4. The number of anilines is 2. The molecule has 0 fully saturated rings. The van der Waals surface area contributed by atoms with Crippen molar-refractivity contribution in [3.05, 3.63) is 113 Å². The molecule has 0 bridgehead atoms. The van der Waals surface area contributed by atoms with Crippen LogP contribution in [0.1, 0.15) is 79.7 Å². The van der Waals surface area contributed by atoms with E-state index in [9.17, 15) is 8.42 Å². The van der Waals surface area contributed by atoms with E-state index in [2.05, 4.69) is 80.7 Å². The van der Waals surface area contributed by atoms with Crippen LogP contribution in [0, 0.1) is 0 Å². The quantitative estimate of drug-likeness (QED) is 0.0692. The van der Waals surface area contributed by atoms with Gasteiger partial charge in [-0.05, 0) is 94.5 Å². The van der Waals surface area contributed by atoms with Crippen LogP contribution in [0.3, 0.4) is 0 Å². The van der Waals surface area contributed by atoms with Crippen LogP contribution in [-0.4, -0.2) is 37.1 Å². The summed E-state index contributed by atoms with van der Waals surface area (Å²) in [7, 11) is -2.67. The molecule has 0 saturated heterocycles. The van der Waals surface area contributed by atoms with Gasteiger partial charge in [0.1, 0.15) is 0 Å². The fourth-order valence-electron chi connectivity index (χ4n) is 4.28. The van der Waals surface area contributed by atoms with Gasteiger partial charge in [0.2, 0.25) is 5.75 Å². The van der Waals surface area contributed by atoms with Gasteiger partial charge in [-0.1, -0.05) is 85.1 Å². The van der Waals surface area contributed by atoms with Crippen LogP contribution in [0.4, 0.5) is 11.5 Å². The van der Waals surface area contributed by atoms with E-state index >= 15 is 0 Å². The molecule has 12 heteroatoms. The highest BCUT2D eigenvalue weighted by molar-refractivity contribution is 9.11. The summed E-state index contributed by atoms with van der Waals surface area (Å²) in [6, 6.07) is 17.6. The predicted octanol–water partition coefficient (Wildman–Crippen LogP) is 11.2. The second-order valence-electron chi connectivity index (χ2n) is 11.8. The summed E-state index contributed by atoms with van der Waals surface area (Å²) in [5.41, 5.74) is 4.42. The Morgan fingerprint density at radius 1 is 0.942 bits per heavy atom. The fourth-order valence-corrected chi connectivity index (χ4v) is 5.63. The lowest BCUT2D eigenvalue weighted by molar-refractivity contribution is 0.282. The number of para-hydroxylation sites is 2. The monoisotopic (exact) mass is 793 g/mol. The Kier molecular flexibility index (Phi) is 18.6. The van der Waals surface area contributed by atoms with E-state index in [0.717, 1.165) is 22.0 Å². The summed E-state index contributed by atoms with van der Waals surface area (Å²) in [6.07, 6.45) is 8.72. The minimum absolute atomic E-state index is 0.0202. The smallest absolute Gasteiger partial charge is 0.322 e. The van der Waals surface area contributed by atoms with Gasteiger partial charge < -0.3 is 14.2 Å². The van der Waals surface area contributed by atoms with Gasteiger partial charge in [0, 0.05) is 22.4 Å². The second-order valence-corrected chi connectivity index (χ2v) is 14.1. The first-order valence-corrected chi connectivity index (χ1v) is 19.4. The van der Waals surface area contributed by atoms with Crippen molar-refractivity contribution in [2.75, 3.05) is 23.2 Å². The highest BCUT2D eigenvalue weighted by Crippen LogP contribution is 2.41. The standard InChI is InChI=1S/C31H35N5O5S.C7H11Br.C2H6/c1-21(2)9-8-20-40-31-28(41-27-11-7-6-10-26(27)39-5)30(33-29(34-31)24-16-18-32-19-17-24)36-42(37,38)35-25-14-12-23(13-15-25)22(3)4;1-4-7(8)5-6(2)3;1-2/h6-7,10-19,22,35H,1,8-9,20H2,2-5H3,(H,33,34,36);4-5H,1-3H3;1-2H3/b;7-4+;. The molecule has 0 unspecified atom stereocenters. The Hall–Kier alpha value is -4.68. The second kappa shape index (κ2) is 22.3. The van der Waals surface area contributed by atoms with Crippen molar-refractivity contribution in [1.82, 2.24) is 15.0 Å². The molecule has 0 saturated carbocycles. The molecule has 52 heavy (non-hydrogen) atoms. The van der Waals surface area contributed by atoms with Crippen molar-refractivity contribution in [2.24, 2.45) is 0 Å². The van der Waals surface area contributed by atoms with E-state index in [1.807, 2.05) is 45.9 Å².